The van der Waals surface area contributed by atoms with Gasteiger partial charge < -0.3 is 5.32 Å². The Kier molecular flexibility index (Phi) is 6.59. The minimum absolute atomic E-state index is 0.136. The predicted octanol–water partition coefficient (Wildman–Crippen LogP) is 4.33. The van der Waals surface area contributed by atoms with Crippen molar-refractivity contribution in [2.45, 2.75) is 46.1 Å². The van der Waals surface area contributed by atoms with Gasteiger partial charge in [0.1, 0.15) is 10.3 Å². The molecule has 0 saturated carbocycles. The molecule has 3 nitrogen and oxygen atoms in total. The van der Waals surface area contributed by atoms with Crippen LogP contribution in [0.5, 0.6) is 0 Å². The first-order chi connectivity index (χ1) is 8.88. The lowest BCUT2D eigenvalue weighted by Gasteiger charge is -2.14. The Balaban J connectivity index is 2.49. The van der Waals surface area contributed by atoms with E-state index in [9.17, 15) is 4.79 Å². The molecule has 0 spiro atoms. The molecule has 0 bridgehead atoms. The van der Waals surface area contributed by atoms with Crippen LogP contribution >= 0.6 is 23.2 Å². The molecule has 0 aliphatic carbocycles. The number of halogens is 2. The molecule has 0 saturated heterocycles. The number of rotatable bonds is 6. The number of hydrogen-bond donors (Lipinski definition) is 1. The van der Waals surface area contributed by atoms with Gasteiger partial charge in [-0.2, -0.15) is 0 Å². The van der Waals surface area contributed by atoms with Crippen molar-refractivity contribution in [2.24, 2.45) is 5.92 Å². The number of pyridine rings is 1. The molecule has 1 aromatic heterocycles. The Labute approximate surface area is 124 Å². The minimum atomic E-state index is -0.164. The summed E-state index contributed by atoms with van der Waals surface area (Å²) in [4.78, 5) is 15.8. The van der Waals surface area contributed by atoms with E-state index in [2.05, 4.69) is 24.1 Å². The zero-order valence-electron chi connectivity index (χ0n) is 11.5. The first-order valence-corrected chi connectivity index (χ1v) is 7.28. The molecule has 1 atom stereocenters. The second kappa shape index (κ2) is 7.71. The molecule has 1 unspecified atom stereocenters. The van der Waals surface area contributed by atoms with Crippen LogP contribution in [0.1, 0.15) is 50.4 Å². The van der Waals surface area contributed by atoms with Crippen LogP contribution in [0.25, 0.3) is 0 Å². The second-order valence-electron chi connectivity index (χ2n) is 5.20. The summed E-state index contributed by atoms with van der Waals surface area (Å²) in [6.45, 7) is 6.40. The predicted molar refractivity (Wildman–Crippen MR) is 79.9 cm³/mol. The quantitative estimate of drug-likeness (QED) is 0.795. The molecular formula is C14H20Cl2N2O. The monoisotopic (exact) mass is 302 g/mol. The zero-order valence-corrected chi connectivity index (χ0v) is 13.1. The van der Waals surface area contributed by atoms with Crippen LogP contribution in [-0.4, -0.2) is 16.9 Å². The maximum absolute atomic E-state index is 12.0. The molecule has 1 aromatic rings. The molecule has 1 rings (SSSR count). The first kappa shape index (κ1) is 16.3. The van der Waals surface area contributed by atoms with Gasteiger partial charge in [0.2, 0.25) is 0 Å². The van der Waals surface area contributed by atoms with Gasteiger partial charge in [-0.1, -0.05) is 49.9 Å². The molecule has 0 aliphatic heterocycles. The van der Waals surface area contributed by atoms with E-state index in [1.165, 1.54) is 18.6 Å². The van der Waals surface area contributed by atoms with Crippen molar-refractivity contribution in [1.29, 1.82) is 0 Å². The van der Waals surface area contributed by atoms with Crippen LogP contribution in [0.4, 0.5) is 0 Å². The summed E-state index contributed by atoms with van der Waals surface area (Å²) in [5.74, 6) is 0.531. The third-order valence-electron chi connectivity index (χ3n) is 2.82. The van der Waals surface area contributed by atoms with E-state index < -0.39 is 0 Å². The van der Waals surface area contributed by atoms with Crippen LogP contribution in [0, 0.1) is 5.92 Å². The molecule has 0 fully saturated rings. The smallest absolute Gasteiger partial charge is 0.251 e. The average molecular weight is 303 g/mol. The Bertz CT molecular complexity index is 415. The van der Waals surface area contributed by atoms with Gasteiger partial charge >= 0.3 is 0 Å². The summed E-state index contributed by atoms with van der Waals surface area (Å²) in [7, 11) is 0. The van der Waals surface area contributed by atoms with E-state index in [0.717, 1.165) is 12.8 Å². The Morgan fingerprint density at radius 2 is 1.79 bits per heavy atom. The highest BCUT2D eigenvalue weighted by Gasteiger charge is 2.11. The zero-order chi connectivity index (χ0) is 14.4. The second-order valence-corrected chi connectivity index (χ2v) is 5.98. The molecule has 0 aliphatic rings. The molecule has 1 N–H and O–H groups in total. The third-order valence-corrected chi connectivity index (χ3v) is 3.21. The normalized spacial score (nSPS) is 12.5. The van der Waals surface area contributed by atoms with E-state index in [4.69, 9.17) is 23.2 Å². The topological polar surface area (TPSA) is 42.0 Å². The Morgan fingerprint density at radius 3 is 2.32 bits per heavy atom. The molecule has 0 radical (unpaired) electrons. The van der Waals surface area contributed by atoms with Crippen molar-refractivity contribution in [3.8, 4) is 0 Å². The Hall–Kier alpha value is -0.800. The Morgan fingerprint density at radius 1 is 1.21 bits per heavy atom. The highest BCUT2D eigenvalue weighted by atomic mass is 35.5. The third kappa shape index (κ3) is 6.26. The van der Waals surface area contributed by atoms with Crippen LogP contribution in [0.3, 0.4) is 0 Å². The lowest BCUT2D eigenvalue weighted by atomic mass is 10.0. The van der Waals surface area contributed by atoms with Crippen LogP contribution in [0.2, 0.25) is 10.3 Å². The minimum Gasteiger partial charge on any atom is -0.350 e. The summed E-state index contributed by atoms with van der Waals surface area (Å²) >= 11 is 11.5. The summed E-state index contributed by atoms with van der Waals surface area (Å²) in [6, 6.07) is 3.17. The van der Waals surface area contributed by atoms with Gasteiger partial charge in [-0.05, 0) is 31.4 Å². The summed E-state index contributed by atoms with van der Waals surface area (Å²) < 4.78 is 0. The van der Waals surface area contributed by atoms with E-state index in [1.807, 2.05) is 6.92 Å². The van der Waals surface area contributed by atoms with Crippen molar-refractivity contribution >= 4 is 29.1 Å². The molecule has 106 valence electrons. The van der Waals surface area contributed by atoms with Gasteiger partial charge in [-0.25, -0.2) is 4.98 Å². The van der Waals surface area contributed by atoms with Crippen LogP contribution < -0.4 is 5.32 Å². The molecular weight excluding hydrogens is 283 g/mol. The highest BCUT2D eigenvalue weighted by Crippen LogP contribution is 2.15. The van der Waals surface area contributed by atoms with Gasteiger partial charge in [0.05, 0.1) is 0 Å². The first-order valence-electron chi connectivity index (χ1n) is 6.52. The fourth-order valence-electron chi connectivity index (χ4n) is 1.81. The summed E-state index contributed by atoms with van der Waals surface area (Å²) in [5.41, 5.74) is 0.445. The van der Waals surface area contributed by atoms with E-state index >= 15 is 0 Å². The van der Waals surface area contributed by atoms with Crippen LogP contribution in [0.15, 0.2) is 12.1 Å². The number of amides is 1. The van der Waals surface area contributed by atoms with Crippen molar-refractivity contribution in [3.63, 3.8) is 0 Å². The van der Waals surface area contributed by atoms with Crippen LogP contribution in [-0.2, 0) is 0 Å². The van der Waals surface area contributed by atoms with Gasteiger partial charge in [0, 0.05) is 11.6 Å². The average Bonchev–Trinajstić information content (AvgIpc) is 2.26. The summed E-state index contributed by atoms with van der Waals surface area (Å²) in [6.07, 6.45) is 3.25. The lowest BCUT2D eigenvalue weighted by Crippen LogP contribution is -2.32. The number of carbonyl (C=O) groups excluding carboxylic acids is 1. The largest absolute Gasteiger partial charge is 0.350 e. The number of carbonyl (C=O) groups is 1. The van der Waals surface area contributed by atoms with E-state index in [-0.39, 0.29) is 22.3 Å². The molecule has 1 heterocycles. The molecule has 5 heteroatoms. The fourth-order valence-corrected chi connectivity index (χ4v) is 2.27. The van der Waals surface area contributed by atoms with Gasteiger partial charge in [0.15, 0.2) is 0 Å². The van der Waals surface area contributed by atoms with Crippen molar-refractivity contribution < 1.29 is 4.79 Å². The van der Waals surface area contributed by atoms with Crippen molar-refractivity contribution in [2.75, 3.05) is 0 Å². The van der Waals surface area contributed by atoms with E-state index in [0.29, 0.717) is 11.5 Å². The molecule has 1 amide bonds. The van der Waals surface area contributed by atoms with Gasteiger partial charge in [-0.15, -0.1) is 0 Å². The number of aromatic nitrogens is 1. The maximum atomic E-state index is 12.0. The van der Waals surface area contributed by atoms with Crippen molar-refractivity contribution in [1.82, 2.24) is 10.3 Å². The molecule has 19 heavy (non-hydrogen) atoms. The number of hydrogen-bond acceptors (Lipinski definition) is 2. The summed E-state index contributed by atoms with van der Waals surface area (Å²) in [5, 5.41) is 3.39. The van der Waals surface area contributed by atoms with Gasteiger partial charge in [-0.3, -0.25) is 4.79 Å². The van der Waals surface area contributed by atoms with Gasteiger partial charge in [0.25, 0.3) is 5.91 Å². The highest BCUT2D eigenvalue weighted by molar-refractivity contribution is 6.33. The fraction of sp³-hybridized carbons (Fsp3) is 0.571. The maximum Gasteiger partial charge on any atom is 0.251 e. The number of nitrogens with zero attached hydrogens (tertiary/aromatic N) is 1. The lowest BCUT2D eigenvalue weighted by molar-refractivity contribution is 0.0937. The van der Waals surface area contributed by atoms with E-state index in [1.54, 1.807) is 0 Å². The number of nitrogens with one attached hydrogen (secondary N) is 1. The van der Waals surface area contributed by atoms with Crippen molar-refractivity contribution in [3.05, 3.63) is 28.0 Å². The standard InChI is InChI=1S/C14H20Cl2N2O/c1-9(2)5-4-6-10(3)17-14(19)11-7-12(15)18-13(16)8-11/h7-10H,4-6H2,1-3H3,(H,17,19). The SMILES string of the molecule is CC(C)CCCC(C)NC(=O)c1cc(Cl)nc(Cl)c1. The molecule has 0 aromatic carbocycles.